The summed E-state index contributed by atoms with van der Waals surface area (Å²) in [6, 6.07) is 1.78. The molecule has 0 aliphatic rings. The molecular weight excluding hydrogens is 208 g/mol. The molecule has 0 atom stereocenters. The van der Waals surface area contributed by atoms with Gasteiger partial charge in [-0.25, -0.2) is 4.79 Å². The highest BCUT2D eigenvalue weighted by atomic mass is 16.4. The van der Waals surface area contributed by atoms with Crippen LogP contribution in [-0.2, 0) is 13.6 Å². The van der Waals surface area contributed by atoms with Gasteiger partial charge in [0, 0.05) is 13.2 Å². The summed E-state index contributed by atoms with van der Waals surface area (Å²) >= 11 is 0. The summed E-state index contributed by atoms with van der Waals surface area (Å²) in [5.74, 6) is -0.206. The van der Waals surface area contributed by atoms with Crippen molar-refractivity contribution in [2.45, 2.75) is 13.5 Å². The van der Waals surface area contributed by atoms with Gasteiger partial charge in [0.1, 0.15) is 12.0 Å². The molecule has 16 heavy (non-hydrogen) atoms. The fraction of sp³-hybridized carbons (Fsp3) is 0.300. The molecule has 2 heterocycles. The van der Waals surface area contributed by atoms with Crippen LogP contribution in [0.25, 0.3) is 0 Å². The number of aromatic carboxylic acids is 1. The third-order valence-electron chi connectivity index (χ3n) is 2.48. The zero-order valence-electron chi connectivity index (χ0n) is 9.08. The zero-order chi connectivity index (χ0) is 11.7. The molecule has 6 heteroatoms. The number of aryl methyl sites for hydroxylation is 2. The van der Waals surface area contributed by atoms with Crippen molar-refractivity contribution in [2.75, 3.05) is 0 Å². The topological polar surface area (TPSA) is 72.9 Å². The largest absolute Gasteiger partial charge is 0.477 e. The van der Waals surface area contributed by atoms with Gasteiger partial charge in [-0.2, -0.15) is 0 Å². The van der Waals surface area contributed by atoms with E-state index in [1.54, 1.807) is 34.6 Å². The number of rotatable bonds is 3. The van der Waals surface area contributed by atoms with Crippen LogP contribution in [0.4, 0.5) is 0 Å². The Morgan fingerprint density at radius 2 is 2.31 bits per heavy atom. The molecule has 0 amide bonds. The summed E-state index contributed by atoms with van der Waals surface area (Å²) in [5, 5.41) is 16.7. The van der Waals surface area contributed by atoms with Gasteiger partial charge in [-0.3, -0.25) is 0 Å². The maximum atomic E-state index is 11.1. The zero-order valence-corrected chi connectivity index (χ0v) is 9.08. The van der Waals surface area contributed by atoms with Crippen molar-refractivity contribution in [1.29, 1.82) is 0 Å². The number of hydrogen-bond acceptors (Lipinski definition) is 3. The van der Waals surface area contributed by atoms with E-state index in [1.807, 2.05) is 7.05 Å². The summed E-state index contributed by atoms with van der Waals surface area (Å²) in [6.07, 6.45) is 3.33. The smallest absolute Gasteiger partial charge is 0.352 e. The minimum absolute atomic E-state index is 0.294. The van der Waals surface area contributed by atoms with Gasteiger partial charge in [0.25, 0.3) is 0 Å². The number of aromatic nitrogens is 4. The van der Waals surface area contributed by atoms with E-state index in [9.17, 15) is 4.79 Å². The fourth-order valence-electron chi connectivity index (χ4n) is 1.61. The van der Waals surface area contributed by atoms with Crippen molar-refractivity contribution in [3.05, 3.63) is 35.7 Å². The SMILES string of the molecule is Cc1ccn(Cc2nncn2C)c1C(=O)O. The molecule has 2 rings (SSSR count). The second-order valence-electron chi connectivity index (χ2n) is 3.64. The second-order valence-corrected chi connectivity index (χ2v) is 3.64. The van der Waals surface area contributed by atoms with Crippen LogP contribution < -0.4 is 0 Å². The van der Waals surface area contributed by atoms with Gasteiger partial charge in [0.2, 0.25) is 0 Å². The van der Waals surface area contributed by atoms with Crippen molar-refractivity contribution in [1.82, 2.24) is 19.3 Å². The van der Waals surface area contributed by atoms with Gasteiger partial charge >= 0.3 is 5.97 Å². The monoisotopic (exact) mass is 220 g/mol. The fourth-order valence-corrected chi connectivity index (χ4v) is 1.61. The van der Waals surface area contributed by atoms with E-state index in [1.165, 1.54) is 0 Å². The van der Waals surface area contributed by atoms with Crippen molar-refractivity contribution in [3.63, 3.8) is 0 Å². The van der Waals surface area contributed by atoms with Crippen LogP contribution in [0.15, 0.2) is 18.6 Å². The Balaban J connectivity index is 2.35. The maximum absolute atomic E-state index is 11.1. The summed E-state index contributed by atoms with van der Waals surface area (Å²) in [6.45, 7) is 2.18. The van der Waals surface area contributed by atoms with E-state index in [2.05, 4.69) is 10.2 Å². The lowest BCUT2D eigenvalue weighted by molar-refractivity contribution is 0.0684. The van der Waals surface area contributed by atoms with Crippen LogP contribution in [0.2, 0.25) is 0 Å². The average molecular weight is 220 g/mol. The Kier molecular flexibility index (Phi) is 2.47. The molecule has 0 saturated carbocycles. The molecule has 2 aromatic rings. The van der Waals surface area contributed by atoms with Crippen LogP contribution in [0.1, 0.15) is 21.9 Å². The van der Waals surface area contributed by atoms with Crippen LogP contribution in [0.5, 0.6) is 0 Å². The van der Waals surface area contributed by atoms with E-state index in [0.717, 1.165) is 11.4 Å². The molecule has 0 bridgehead atoms. The lowest BCUT2D eigenvalue weighted by Gasteiger charge is -2.06. The first-order valence-electron chi connectivity index (χ1n) is 4.81. The quantitative estimate of drug-likeness (QED) is 0.825. The Hall–Kier alpha value is -2.11. The molecule has 0 fully saturated rings. The summed E-state index contributed by atoms with van der Waals surface area (Å²) in [7, 11) is 1.83. The van der Waals surface area contributed by atoms with Gasteiger partial charge in [-0.15, -0.1) is 10.2 Å². The molecule has 0 aromatic carbocycles. The highest BCUT2D eigenvalue weighted by molar-refractivity contribution is 5.87. The first-order valence-corrected chi connectivity index (χ1v) is 4.81. The number of carbonyl (C=O) groups is 1. The molecule has 1 N–H and O–H groups in total. The van der Waals surface area contributed by atoms with Crippen molar-refractivity contribution >= 4 is 5.97 Å². The van der Waals surface area contributed by atoms with Crippen LogP contribution in [0, 0.1) is 6.92 Å². The molecular formula is C10H12N4O2. The predicted molar refractivity (Wildman–Crippen MR) is 56.2 cm³/mol. The number of hydrogen-bond donors (Lipinski definition) is 1. The van der Waals surface area contributed by atoms with Gasteiger partial charge < -0.3 is 14.2 Å². The molecule has 0 aliphatic carbocycles. The Morgan fingerprint density at radius 3 is 2.88 bits per heavy atom. The van der Waals surface area contributed by atoms with E-state index < -0.39 is 5.97 Å². The normalized spacial score (nSPS) is 10.6. The van der Waals surface area contributed by atoms with Crippen LogP contribution in [-0.4, -0.2) is 30.4 Å². The Labute approximate surface area is 92.2 Å². The first-order chi connectivity index (χ1) is 7.59. The first kappa shape index (κ1) is 10.4. The van der Waals surface area contributed by atoms with Gasteiger partial charge in [-0.05, 0) is 18.6 Å². The van der Waals surface area contributed by atoms with Crippen LogP contribution >= 0.6 is 0 Å². The van der Waals surface area contributed by atoms with Crippen LogP contribution in [0.3, 0.4) is 0 Å². The molecule has 0 spiro atoms. The van der Waals surface area contributed by atoms with Gasteiger partial charge in [0.05, 0.1) is 6.54 Å². The van der Waals surface area contributed by atoms with Crippen molar-refractivity contribution < 1.29 is 9.90 Å². The molecule has 0 aliphatic heterocycles. The van der Waals surface area contributed by atoms with E-state index in [4.69, 9.17) is 5.11 Å². The summed E-state index contributed by atoms with van der Waals surface area (Å²) in [5.41, 5.74) is 1.04. The number of carboxylic acid groups (broad SMARTS) is 1. The predicted octanol–water partition coefficient (Wildman–Crippen LogP) is 0.672. The average Bonchev–Trinajstić information content (AvgIpc) is 2.75. The maximum Gasteiger partial charge on any atom is 0.352 e. The molecule has 0 radical (unpaired) electrons. The number of carboxylic acids is 1. The Morgan fingerprint density at radius 1 is 1.56 bits per heavy atom. The minimum Gasteiger partial charge on any atom is -0.477 e. The standard InChI is InChI=1S/C10H12N4O2/c1-7-3-4-14(9(7)10(15)16)5-8-12-11-6-13(8)2/h3-4,6H,5H2,1-2H3,(H,15,16). The number of nitrogens with zero attached hydrogens (tertiary/aromatic N) is 4. The minimum atomic E-state index is -0.926. The van der Waals surface area contributed by atoms with Gasteiger partial charge in [0.15, 0.2) is 5.82 Å². The van der Waals surface area contributed by atoms with E-state index >= 15 is 0 Å². The molecule has 0 unspecified atom stereocenters. The van der Waals surface area contributed by atoms with E-state index in [-0.39, 0.29) is 0 Å². The third-order valence-corrected chi connectivity index (χ3v) is 2.48. The second kappa shape index (κ2) is 3.80. The highest BCUT2D eigenvalue weighted by Crippen LogP contribution is 2.11. The lowest BCUT2D eigenvalue weighted by atomic mass is 10.3. The van der Waals surface area contributed by atoms with E-state index in [0.29, 0.717) is 12.2 Å². The van der Waals surface area contributed by atoms with Gasteiger partial charge in [-0.1, -0.05) is 0 Å². The van der Waals surface area contributed by atoms with Crippen molar-refractivity contribution in [3.8, 4) is 0 Å². The summed E-state index contributed by atoms with van der Waals surface area (Å²) in [4.78, 5) is 11.1. The lowest BCUT2D eigenvalue weighted by Crippen LogP contribution is -2.12. The third kappa shape index (κ3) is 1.69. The molecule has 2 aromatic heterocycles. The molecule has 6 nitrogen and oxygen atoms in total. The summed E-state index contributed by atoms with van der Waals surface area (Å²) < 4.78 is 3.42. The molecule has 84 valence electrons. The van der Waals surface area contributed by atoms with Crippen molar-refractivity contribution in [2.24, 2.45) is 7.05 Å². The Bertz CT molecular complexity index is 527. The highest BCUT2D eigenvalue weighted by Gasteiger charge is 2.14. The molecule has 0 saturated heterocycles.